The van der Waals surface area contributed by atoms with Gasteiger partial charge >= 0.3 is 0 Å². The summed E-state index contributed by atoms with van der Waals surface area (Å²) in [5.74, 6) is 0.511. The molecule has 1 heterocycles. The summed E-state index contributed by atoms with van der Waals surface area (Å²) < 4.78 is 19.7. The Balaban J connectivity index is 1.52. The van der Waals surface area contributed by atoms with Crippen molar-refractivity contribution in [2.45, 2.75) is 31.8 Å². The molecule has 1 fully saturated rings. The normalized spacial score (nSPS) is 19.3. The first-order valence-corrected chi connectivity index (χ1v) is 8.47. The van der Waals surface area contributed by atoms with Gasteiger partial charge in [0.15, 0.2) is 0 Å². The fraction of sp³-hybridized carbons (Fsp3) is 0.350. The van der Waals surface area contributed by atoms with E-state index in [9.17, 15) is 9.18 Å². The Morgan fingerprint density at radius 3 is 2.67 bits per heavy atom. The van der Waals surface area contributed by atoms with Gasteiger partial charge in [0, 0.05) is 18.2 Å². The summed E-state index contributed by atoms with van der Waals surface area (Å²) in [6.07, 6.45) is 2.70. The second-order valence-electron chi connectivity index (χ2n) is 6.61. The molecule has 124 valence electrons. The standard InChI is InChI=1S/C20H20FNO2/c21-18-7-3-1-6-15(18)12-22(17-9-10-17)20(23)16-11-14-5-2-4-8-19(14)24-13-16/h1-8,16-17H,9-13H2. The van der Waals surface area contributed by atoms with E-state index in [0.29, 0.717) is 25.1 Å². The number of hydrogen-bond donors (Lipinski definition) is 0. The minimum Gasteiger partial charge on any atom is -0.492 e. The maximum absolute atomic E-state index is 14.0. The predicted octanol–water partition coefficient (Wildman–Crippen LogP) is 3.57. The molecule has 4 rings (SSSR count). The zero-order chi connectivity index (χ0) is 16.5. The smallest absolute Gasteiger partial charge is 0.230 e. The molecule has 0 radical (unpaired) electrons. The van der Waals surface area contributed by atoms with E-state index in [1.54, 1.807) is 12.1 Å². The van der Waals surface area contributed by atoms with Crippen molar-refractivity contribution in [3.63, 3.8) is 0 Å². The topological polar surface area (TPSA) is 29.5 Å². The van der Waals surface area contributed by atoms with Crippen molar-refractivity contribution < 1.29 is 13.9 Å². The molecule has 0 N–H and O–H groups in total. The van der Waals surface area contributed by atoms with Crippen LogP contribution in [0.1, 0.15) is 24.0 Å². The van der Waals surface area contributed by atoms with Crippen molar-refractivity contribution in [2.24, 2.45) is 5.92 Å². The Bertz CT molecular complexity index is 757. The van der Waals surface area contributed by atoms with Crippen molar-refractivity contribution >= 4 is 5.91 Å². The molecule has 24 heavy (non-hydrogen) atoms. The molecule has 2 aliphatic rings. The van der Waals surface area contributed by atoms with Crippen LogP contribution in [0.2, 0.25) is 0 Å². The highest BCUT2D eigenvalue weighted by atomic mass is 19.1. The Kier molecular flexibility index (Phi) is 3.97. The minimum absolute atomic E-state index is 0.0789. The van der Waals surface area contributed by atoms with E-state index in [2.05, 4.69) is 0 Å². The number of carbonyl (C=O) groups is 1. The zero-order valence-electron chi connectivity index (χ0n) is 13.5. The lowest BCUT2D eigenvalue weighted by Gasteiger charge is -2.30. The molecule has 0 spiro atoms. The molecule has 1 unspecified atom stereocenters. The number of amides is 1. The van der Waals surface area contributed by atoms with Crippen LogP contribution in [0.25, 0.3) is 0 Å². The van der Waals surface area contributed by atoms with Gasteiger partial charge in [-0.2, -0.15) is 0 Å². The number of nitrogens with zero attached hydrogens (tertiary/aromatic N) is 1. The third-order valence-corrected chi connectivity index (χ3v) is 4.80. The van der Waals surface area contributed by atoms with Crippen LogP contribution in [-0.4, -0.2) is 23.5 Å². The fourth-order valence-corrected chi connectivity index (χ4v) is 3.30. The van der Waals surface area contributed by atoms with Crippen LogP contribution in [0.5, 0.6) is 5.75 Å². The lowest BCUT2D eigenvalue weighted by Crippen LogP contribution is -2.41. The molecule has 0 saturated heterocycles. The van der Waals surface area contributed by atoms with Crippen LogP contribution in [-0.2, 0) is 17.8 Å². The van der Waals surface area contributed by atoms with Crippen molar-refractivity contribution in [3.05, 3.63) is 65.5 Å². The lowest BCUT2D eigenvalue weighted by atomic mass is 9.95. The van der Waals surface area contributed by atoms with E-state index in [-0.39, 0.29) is 23.7 Å². The van der Waals surface area contributed by atoms with Crippen LogP contribution in [0.3, 0.4) is 0 Å². The fourth-order valence-electron chi connectivity index (χ4n) is 3.30. The number of para-hydroxylation sites is 1. The van der Waals surface area contributed by atoms with Gasteiger partial charge in [-0.1, -0.05) is 36.4 Å². The first-order chi connectivity index (χ1) is 11.7. The molecular formula is C20H20FNO2. The summed E-state index contributed by atoms with van der Waals surface area (Å²) in [5.41, 5.74) is 1.65. The van der Waals surface area contributed by atoms with Crippen LogP contribution in [0.15, 0.2) is 48.5 Å². The summed E-state index contributed by atoms with van der Waals surface area (Å²) in [4.78, 5) is 14.9. The van der Waals surface area contributed by atoms with Gasteiger partial charge in [-0.05, 0) is 37.0 Å². The van der Waals surface area contributed by atoms with E-state index in [4.69, 9.17) is 4.74 Å². The number of carbonyl (C=O) groups excluding carboxylic acids is 1. The highest BCUT2D eigenvalue weighted by molar-refractivity contribution is 5.80. The van der Waals surface area contributed by atoms with Gasteiger partial charge in [-0.3, -0.25) is 4.79 Å². The maximum atomic E-state index is 14.0. The van der Waals surface area contributed by atoms with Crippen LogP contribution in [0.4, 0.5) is 4.39 Å². The second-order valence-corrected chi connectivity index (χ2v) is 6.61. The molecule has 1 amide bonds. The largest absolute Gasteiger partial charge is 0.492 e. The molecule has 1 saturated carbocycles. The Morgan fingerprint density at radius 2 is 1.88 bits per heavy atom. The predicted molar refractivity (Wildman–Crippen MR) is 89.1 cm³/mol. The van der Waals surface area contributed by atoms with Gasteiger partial charge in [0.1, 0.15) is 18.2 Å². The number of halogens is 1. The van der Waals surface area contributed by atoms with Gasteiger partial charge in [0.05, 0.1) is 5.92 Å². The third kappa shape index (κ3) is 3.01. The first kappa shape index (κ1) is 15.2. The first-order valence-electron chi connectivity index (χ1n) is 8.47. The van der Waals surface area contributed by atoms with Gasteiger partial charge < -0.3 is 9.64 Å². The molecule has 2 aromatic rings. The van der Waals surface area contributed by atoms with Crippen molar-refractivity contribution in [1.82, 2.24) is 4.90 Å². The highest BCUT2D eigenvalue weighted by Gasteiger charge is 2.37. The van der Waals surface area contributed by atoms with Gasteiger partial charge in [0.2, 0.25) is 5.91 Å². The summed E-state index contributed by atoms with van der Waals surface area (Å²) in [6.45, 7) is 0.741. The summed E-state index contributed by atoms with van der Waals surface area (Å²) >= 11 is 0. The Hall–Kier alpha value is -2.36. The van der Waals surface area contributed by atoms with Crippen molar-refractivity contribution in [1.29, 1.82) is 0 Å². The quantitative estimate of drug-likeness (QED) is 0.860. The van der Waals surface area contributed by atoms with Crippen molar-refractivity contribution in [3.8, 4) is 5.75 Å². The van der Waals surface area contributed by atoms with Crippen LogP contribution >= 0.6 is 0 Å². The SMILES string of the molecule is O=C(C1COc2ccccc2C1)N(Cc1ccccc1F)C1CC1. The maximum Gasteiger partial charge on any atom is 0.230 e. The highest BCUT2D eigenvalue weighted by Crippen LogP contribution is 2.33. The third-order valence-electron chi connectivity index (χ3n) is 4.80. The number of rotatable bonds is 4. The monoisotopic (exact) mass is 325 g/mol. The molecule has 3 nitrogen and oxygen atoms in total. The summed E-state index contributed by atoms with van der Waals surface area (Å²) in [6, 6.07) is 14.8. The van der Waals surface area contributed by atoms with Crippen LogP contribution < -0.4 is 4.74 Å². The molecule has 1 aliphatic carbocycles. The van der Waals surface area contributed by atoms with E-state index in [0.717, 1.165) is 24.2 Å². The average molecular weight is 325 g/mol. The van der Waals surface area contributed by atoms with Crippen molar-refractivity contribution in [2.75, 3.05) is 6.61 Å². The molecule has 1 atom stereocenters. The minimum atomic E-state index is -0.249. The van der Waals surface area contributed by atoms with E-state index >= 15 is 0 Å². The lowest BCUT2D eigenvalue weighted by molar-refractivity contribution is -0.138. The molecular weight excluding hydrogens is 305 g/mol. The number of hydrogen-bond acceptors (Lipinski definition) is 2. The van der Waals surface area contributed by atoms with Gasteiger partial charge in [-0.15, -0.1) is 0 Å². The molecule has 1 aliphatic heterocycles. The van der Waals surface area contributed by atoms with E-state index in [1.807, 2.05) is 35.2 Å². The molecule has 0 aromatic heterocycles. The zero-order valence-corrected chi connectivity index (χ0v) is 13.5. The average Bonchev–Trinajstić information content (AvgIpc) is 3.45. The Morgan fingerprint density at radius 1 is 1.12 bits per heavy atom. The summed E-state index contributed by atoms with van der Waals surface area (Å²) in [7, 11) is 0. The molecule has 4 heteroatoms. The van der Waals surface area contributed by atoms with Gasteiger partial charge in [-0.25, -0.2) is 4.39 Å². The molecule has 0 bridgehead atoms. The second kappa shape index (κ2) is 6.27. The Labute approximate surface area is 141 Å². The molecule has 2 aromatic carbocycles. The summed E-state index contributed by atoms with van der Waals surface area (Å²) in [5, 5.41) is 0. The van der Waals surface area contributed by atoms with Gasteiger partial charge in [0.25, 0.3) is 0 Å². The number of benzene rings is 2. The van der Waals surface area contributed by atoms with Crippen LogP contribution in [0, 0.1) is 11.7 Å². The van der Waals surface area contributed by atoms with E-state index in [1.165, 1.54) is 6.07 Å². The van der Waals surface area contributed by atoms with E-state index < -0.39 is 0 Å². The number of fused-ring (bicyclic) bond motifs is 1. The number of ether oxygens (including phenoxy) is 1.